The minimum atomic E-state index is -0.180. The van der Waals surface area contributed by atoms with Crippen LogP contribution in [0.25, 0.3) is 11.0 Å². The number of halogens is 1. The molecule has 2 fully saturated rings. The van der Waals surface area contributed by atoms with Crippen LogP contribution in [0.4, 0.5) is 5.82 Å². The van der Waals surface area contributed by atoms with Gasteiger partial charge in [0, 0.05) is 50.0 Å². The molecule has 190 valence electrons. The fraction of sp³-hybridized carbons (Fsp3) is 0.321. The molecule has 2 aromatic heterocycles. The van der Waals surface area contributed by atoms with Gasteiger partial charge in [0.05, 0.1) is 29.2 Å². The first-order valence-electron chi connectivity index (χ1n) is 12.6. The smallest absolute Gasteiger partial charge is 0.196 e. The lowest BCUT2D eigenvalue weighted by Gasteiger charge is -2.41. The van der Waals surface area contributed by atoms with Gasteiger partial charge in [-0.15, -0.1) is 0 Å². The molecule has 2 aliphatic heterocycles. The Balaban J connectivity index is 1.28. The summed E-state index contributed by atoms with van der Waals surface area (Å²) < 4.78 is 11.4. The lowest BCUT2D eigenvalue weighted by molar-refractivity contribution is 0.0137. The van der Waals surface area contributed by atoms with Crippen molar-refractivity contribution in [1.29, 1.82) is 0 Å². The fourth-order valence-corrected chi connectivity index (χ4v) is 5.52. The number of nitrogens with zero attached hydrogens (tertiary/aromatic N) is 4. The zero-order chi connectivity index (χ0) is 25.2. The van der Waals surface area contributed by atoms with E-state index < -0.39 is 0 Å². The lowest BCUT2D eigenvalue weighted by Crippen LogP contribution is -2.51. The van der Waals surface area contributed by atoms with Crippen molar-refractivity contribution in [1.82, 2.24) is 19.9 Å². The number of ketones is 1. The molecule has 0 bridgehead atoms. The Hall–Kier alpha value is -3.46. The van der Waals surface area contributed by atoms with Crippen LogP contribution < -0.4 is 9.64 Å². The summed E-state index contributed by atoms with van der Waals surface area (Å²) in [7, 11) is 0. The first-order valence-corrected chi connectivity index (χ1v) is 13.0. The molecule has 2 aromatic carbocycles. The molecule has 1 N–H and O–H groups in total. The van der Waals surface area contributed by atoms with Crippen LogP contribution in [-0.4, -0.2) is 71.1 Å². The molecule has 4 aromatic rings. The highest BCUT2D eigenvalue weighted by atomic mass is 35.5. The molecule has 2 saturated heterocycles. The third-order valence-electron chi connectivity index (χ3n) is 7.12. The Kier molecular flexibility index (Phi) is 6.78. The second-order valence-electron chi connectivity index (χ2n) is 9.40. The average Bonchev–Trinajstić information content (AvgIpc) is 3.38. The largest absolute Gasteiger partial charge is 0.457 e. The zero-order valence-electron chi connectivity index (χ0n) is 20.4. The van der Waals surface area contributed by atoms with Crippen molar-refractivity contribution in [2.45, 2.75) is 18.9 Å². The van der Waals surface area contributed by atoms with Crippen LogP contribution in [0.1, 0.15) is 28.8 Å². The van der Waals surface area contributed by atoms with E-state index in [9.17, 15) is 4.79 Å². The number of fused-ring (bicyclic) bond motifs is 1. The van der Waals surface area contributed by atoms with E-state index in [0.29, 0.717) is 39.3 Å². The summed E-state index contributed by atoms with van der Waals surface area (Å²) in [5.41, 5.74) is 1.56. The Bertz CT molecular complexity index is 1400. The summed E-state index contributed by atoms with van der Waals surface area (Å²) in [5, 5.41) is 1.06. The maximum atomic E-state index is 13.7. The van der Waals surface area contributed by atoms with Gasteiger partial charge in [-0.3, -0.25) is 9.69 Å². The van der Waals surface area contributed by atoms with E-state index in [1.54, 1.807) is 30.7 Å². The van der Waals surface area contributed by atoms with Crippen molar-refractivity contribution >= 4 is 34.2 Å². The van der Waals surface area contributed by atoms with Crippen molar-refractivity contribution < 1.29 is 14.3 Å². The van der Waals surface area contributed by atoms with Crippen molar-refractivity contribution in [2.24, 2.45) is 0 Å². The molecule has 1 atom stereocenters. The number of H-pyrrole nitrogens is 1. The number of hydrogen-bond acceptors (Lipinski definition) is 7. The molecule has 9 heteroatoms. The van der Waals surface area contributed by atoms with Gasteiger partial charge in [0.1, 0.15) is 29.3 Å². The van der Waals surface area contributed by atoms with Crippen molar-refractivity contribution in [2.75, 3.05) is 44.3 Å². The topological polar surface area (TPSA) is 83.6 Å². The molecule has 0 saturated carbocycles. The number of carbonyl (C=O) groups excluding carboxylic acids is 1. The predicted octanol–water partition coefficient (Wildman–Crippen LogP) is 4.94. The van der Waals surface area contributed by atoms with E-state index >= 15 is 0 Å². The van der Waals surface area contributed by atoms with Crippen molar-refractivity contribution in [3.05, 3.63) is 77.2 Å². The van der Waals surface area contributed by atoms with E-state index in [1.165, 1.54) is 0 Å². The third-order valence-corrected chi connectivity index (χ3v) is 7.43. The number of nitrogens with one attached hydrogen (secondary N) is 1. The molecule has 8 nitrogen and oxygen atoms in total. The summed E-state index contributed by atoms with van der Waals surface area (Å²) >= 11 is 6.58. The van der Waals surface area contributed by atoms with Gasteiger partial charge >= 0.3 is 0 Å². The number of rotatable bonds is 6. The van der Waals surface area contributed by atoms with Crippen molar-refractivity contribution in [3.8, 4) is 11.5 Å². The van der Waals surface area contributed by atoms with Gasteiger partial charge in [-0.2, -0.15) is 0 Å². The van der Waals surface area contributed by atoms with Gasteiger partial charge in [-0.05, 0) is 37.1 Å². The molecule has 0 radical (unpaired) electrons. The highest BCUT2D eigenvalue weighted by Crippen LogP contribution is 2.33. The van der Waals surface area contributed by atoms with Crippen LogP contribution in [0.5, 0.6) is 11.5 Å². The monoisotopic (exact) mass is 517 g/mol. The number of morpholine rings is 1. The molecule has 0 spiro atoms. The third kappa shape index (κ3) is 4.92. The molecule has 2 aliphatic rings. The molecule has 0 aliphatic carbocycles. The summed E-state index contributed by atoms with van der Waals surface area (Å²) in [6.45, 7) is 5.21. The Labute approximate surface area is 220 Å². The highest BCUT2D eigenvalue weighted by Gasteiger charge is 2.30. The highest BCUT2D eigenvalue weighted by molar-refractivity contribution is 6.35. The van der Waals surface area contributed by atoms with Crippen LogP contribution in [0.3, 0.4) is 0 Å². The number of ether oxygens (including phenoxy) is 2. The number of para-hydroxylation sites is 1. The summed E-state index contributed by atoms with van der Waals surface area (Å²) in [5.74, 6) is 1.87. The number of aromatic nitrogens is 3. The average molecular weight is 518 g/mol. The molecule has 6 rings (SSSR count). The van der Waals surface area contributed by atoms with Crippen molar-refractivity contribution in [3.63, 3.8) is 0 Å². The number of carbonyl (C=O) groups is 1. The van der Waals surface area contributed by atoms with E-state index in [-0.39, 0.29) is 5.78 Å². The van der Waals surface area contributed by atoms with Gasteiger partial charge in [-0.1, -0.05) is 29.8 Å². The Morgan fingerprint density at radius 1 is 1.03 bits per heavy atom. The first kappa shape index (κ1) is 23.9. The lowest BCUT2D eigenvalue weighted by atomic mass is 10.0. The molecule has 1 unspecified atom stereocenters. The summed E-state index contributed by atoms with van der Waals surface area (Å²) in [6.07, 6.45) is 5.48. The SMILES string of the molecule is O=C(c1ccc(Oc2ccccc2)cc1Cl)c1c[nH]c2ncnc(N3CCCC(N4CCOCC4)C3)c12. The van der Waals surface area contributed by atoms with Crippen LogP contribution in [0.15, 0.2) is 61.1 Å². The van der Waals surface area contributed by atoms with Gasteiger partial charge in [0.2, 0.25) is 0 Å². The fourth-order valence-electron chi connectivity index (χ4n) is 5.27. The van der Waals surface area contributed by atoms with Crippen LogP contribution in [-0.2, 0) is 4.74 Å². The molecule has 0 amide bonds. The minimum Gasteiger partial charge on any atom is -0.457 e. The van der Waals surface area contributed by atoms with Gasteiger partial charge < -0.3 is 19.4 Å². The normalized spacial score (nSPS) is 18.7. The number of benzene rings is 2. The van der Waals surface area contributed by atoms with E-state index in [2.05, 4.69) is 24.8 Å². The number of piperidine rings is 1. The van der Waals surface area contributed by atoms with Gasteiger partial charge in [0.15, 0.2) is 5.78 Å². The van der Waals surface area contributed by atoms with E-state index in [1.807, 2.05) is 30.3 Å². The second kappa shape index (κ2) is 10.5. The Morgan fingerprint density at radius 2 is 1.86 bits per heavy atom. The van der Waals surface area contributed by atoms with Crippen LogP contribution in [0.2, 0.25) is 5.02 Å². The molecule has 37 heavy (non-hydrogen) atoms. The standard InChI is InChI=1S/C28H28ClN5O3/c29-24-15-21(37-20-6-2-1-3-7-20)8-9-22(24)26(35)23-16-30-27-25(23)28(32-18-31-27)34-10-4-5-19(17-34)33-11-13-36-14-12-33/h1-3,6-9,15-16,18-19H,4-5,10-14,17H2,(H,30,31,32). The van der Waals surface area contributed by atoms with Gasteiger partial charge in [0.25, 0.3) is 0 Å². The maximum absolute atomic E-state index is 13.7. The number of aromatic amines is 1. The van der Waals surface area contributed by atoms with E-state index in [4.69, 9.17) is 21.1 Å². The van der Waals surface area contributed by atoms with Crippen LogP contribution in [0, 0.1) is 0 Å². The van der Waals surface area contributed by atoms with Gasteiger partial charge in [-0.25, -0.2) is 9.97 Å². The summed E-state index contributed by atoms with van der Waals surface area (Å²) in [4.78, 5) is 30.7. The van der Waals surface area contributed by atoms with Crippen LogP contribution >= 0.6 is 11.6 Å². The second-order valence-corrected chi connectivity index (χ2v) is 9.81. The molecule has 4 heterocycles. The number of hydrogen-bond donors (Lipinski definition) is 1. The minimum absolute atomic E-state index is 0.180. The zero-order valence-corrected chi connectivity index (χ0v) is 21.2. The number of anilines is 1. The summed E-state index contributed by atoms with van der Waals surface area (Å²) in [6, 6.07) is 15.0. The first-order chi connectivity index (χ1) is 18.2. The molecular weight excluding hydrogens is 490 g/mol. The predicted molar refractivity (Wildman–Crippen MR) is 143 cm³/mol. The van der Waals surface area contributed by atoms with E-state index in [0.717, 1.165) is 63.4 Å². The quantitative estimate of drug-likeness (QED) is 0.363. The Morgan fingerprint density at radius 3 is 2.68 bits per heavy atom. The maximum Gasteiger partial charge on any atom is 0.196 e. The molecular formula is C28H28ClN5O3.